The fourth-order valence-corrected chi connectivity index (χ4v) is 4.02. The molecule has 36 heavy (non-hydrogen) atoms. The fourth-order valence-electron chi connectivity index (χ4n) is 3.28. The molecule has 3 rings (SSSR count). The van der Waals surface area contributed by atoms with Gasteiger partial charge in [0.25, 0.3) is 11.8 Å². The molecule has 1 heterocycles. The van der Waals surface area contributed by atoms with Crippen molar-refractivity contribution in [3.05, 3.63) is 76.3 Å². The van der Waals surface area contributed by atoms with Crippen molar-refractivity contribution in [3.63, 3.8) is 0 Å². The van der Waals surface area contributed by atoms with Gasteiger partial charge in [0.15, 0.2) is 5.69 Å². The number of halogens is 2. The average Bonchev–Trinajstić information content (AvgIpc) is 3.24. The third-order valence-corrected chi connectivity index (χ3v) is 5.74. The van der Waals surface area contributed by atoms with Crippen LogP contribution in [-0.4, -0.2) is 41.2 Å². The molecule has 188 valence electrons. The van der Waals surface area contributed by atoms with Gasteiger partial charge in [-0.1, -0.05) is 24.3 Å². The number of anilines is 2. The number of rotatable bonds is 9. The summed E-state index contributed by atoms with van der Waals surface area (Å²) in [6.07, 6.45) is 0. The van der Waals surface area contributed by atoms with Crippen molar-refractivity contribution in [2.45, 2.75) is 13.0 Å². The highest BCUT2D eigenvalue weighted by Gasteiger charge is 2.37. The van der Waals surface area contributed by atoms with E-state index >= 15 is 0 Å². The summed E-state index contributed by atoms with van der Waals surface area (Å²) in [6.45, 7) is 1.11. The molecule has 2 aromatic carbocycles. The first kappa shape index (κ1) is 26.2. The van der Waals surface area contributed by atoms with Gasteiger partial charge in [-0.3, -0.25) is 24.1 Å². The molecule has 0 radical (unpaired) electrons. The number of primary amides is 1. The molecule has 0 saturated heterocycles. The summed E-state index contributed by atoms with van der Waals surface area (Å²) >= 11 is 0.538. The predicted molar refractivity (Wildman–Crippen MR) is 127 cm³/mol. The summed E-state index contributed by atoms with van der Waals surface area (Å²) in [4.78, 5) is 51.0. The Morgan fingerprint density at radius 3 is 2.36 bits per heavy atom. The molecule has 0 saturated carbocycles. The van der Waals surface area contributed by atoms with E-state index in [4.69, 9.17) is 16.2 Å². The van der Waals surface area contributed by atoms with Crippen molar-refractivity contribution in [2.75, 3.05) is 23.8 Å². The van der Waals surface area contributed by atoms with E-state index in [0.717, 1.165) is 23.1 Å². The monoisotopic (exact) mass is 517 g/mol. The van der Waals surface area contributed by atoms with Crippen LogP contribution in [0.4, 0.5) is 20.2 Å². The third kappa shape index (κ3) is 5.63. The highest BCUT2D eigenvalue weighted by molar-refractivity contribution is 7.09. The number of ether oxygens (including phenoxy) is 1. The predicted octanol–water partition coefficient (Wildman–Crippen LogP) is 2.17. The quantitative estimate of drug-likeness (QED) is 0.367. The van der Waals surface area contributed by atoms with Crippen LogP contribution in [0.5, 0.6) is 0 Å². The minimum absolute atomic E-state index is 0.0722. The number of aromatic nitrogens is 1. The van der Waals surface area contributed by atoms with Crippen LogP contribution in [0.25, 0.3) is 0 Å². The smallest absolute Gasteiger partial charge is 0.325 e. The maximum atomic E-state index is 15.0. The maximum Gasteiger partial charge on any atom is 0.325 e. The Morgan fingerprint density at radius 2 is 1.78 bits per heavy atom. The van der Waals surface area contributed by atoms with Gasteiger partial charge < -0.3 is 21.5 Å². The lowest BCUT2D eigenvalue weighted by molar-refractivity contribution is -0.143. The minimum Gasteiger partial charge on any atom is -0.465 e. The molecule has 3 amide bonds. The second kappa shape index (κ2) is 11.4. The number of nitrogen functional groups attached to an aromatic ring is 1. The Kier molecular flexibility index (Phi) is 8.27. The maximum absolute atomic E-state index is 15.0. The number of amides is 3. The summed E-state index contributed by atoms with van der Waals surface area (Å²) in [5, 5.41) is 2.35. The molecular weight excluding hydrogens is 496 g/mol. The first-order valence-electron chi connectivity index (χ1n) is 10.5. The number of carbonyl (C=O) groups excluding carboxylic acids is 4. The van der Waals surface area contributed by atoms with Gasteiger partial charge in [0.05, 0.1) is 18.0 Å². The number of nitrogens with one attached hydrogen (secondary N) is 1. The molecule has 5 N–H and O–H groups in total. The van der Waals surface area contributed by atoms with E-state index < -0.39 is 47.9 Å². The van der Waals surface area contributed by atoms with Crippen LogP contribution >= 0.6 is 11.5 Å². The summed E-state index contributed by atoms with van der Waals surface area (Å²) in [5.41, 5.74) is 10.2. The van der Waals surface area contributed by atoms with Crippen molar-refractivity contribution in [2.24, 2.45) is 5.73 Å². The number of hydrogen-bond donors (Lipinski definition) is 3. The minimum atomic E-state index is -1.59. The van der Waals surface area contributed by atoms with E-state index in [9.17, 15) is 28.0 Å². The lowest BCUT2D eigenvalue weighted by Gasteiger charge is -2.31. The van der Waals surface area contributed by atoms with Gasteiger partial charge in [0.1, 0.15) is 29.1 Å². The van der Waals surface area contributed by atoms with Crippen LogP contribution < -0.4 is 21.7 Å². The number of esters is 1. The Balaban J connectivity index is 2.17. The summed E-state index contributed by atoms with van der Waals surface area (Å²) in [5.74, 6) is -5.10. The SMILES string of the molecule is CCOC(=O)CNC(=O)[C@@H](c1ccc(F)cc1)N(C(=O)c1snc(C(N)=O)c1N)c1ccccc1F. The molecule has 0 fully saturated rings. The van der Waals surface area contributed by atoms with Gasteiger partial charge in [0.2, 0.25) is 5.91 Å². The molecule has 13 heteroatoms. The number of carbonyl (C=O) groups is 4. The molecular formula is C23H21F2N5O5S. The molecule has 1 atom stereocenters. The van der Waals surface area contributed by atoms with Crippen LogP contribution in [0.2, 0.25) is 0 Å². The zero-order chi connectivity index (χ0) is 26.4. The van der Waals surface area contributed by atoms with Gasteiger partial charge in [0, 0.05) is 0 Å². The Hall–Kier alpha value is -4.39. The summed E-state index contributed by atoms with van der Waals surface area (Å²) in [7, 11) is 0. The van der Waals surface area contributed by atoms with E-state index in [2.05, 4.69) is 9.69 Å². The van der Waals surface area contributed by atoms with Crippen molar-refractivity contribution in [1.82, 2.24) is 9.69 Å². The molecule has 10 nitrogen and oxygen atoms in total. The number of nitrogens with zero attached hydrogens (tertiary/aromatic N) is 2. The Bertz CT molecular complexity index is 1300. The van der Waals surface area contributed by atoms with Gasteiger partial charge in [-0.15, -0.1) is 0 Å². The molecule has 0 aliphatic rings. The molecule has 0 aliphatic heterocycles. The van der Waals surface area contributed by atoms with Crippen molar-refractivity contribution < 1.29 is 32.7 Å². The van der Waals surface area contributed by atoms with E-state index in [-0.39, 0.29) is 34.1 Å². The normalized spacial score (nSPS) is 11.4. The highest BCUT2D eigenvalue weighted by atomic mass is 32.1. The van der Waals surface area contributed by atoms with Crippen LogP contribution in [0, 0.1) is 11.6 Å². The second-order valence-electron chi connectivity index (χ2n) is 7.24. The molecule has 0 bridgehead atoms. The van der Waals surface area contributed by atoms with Gasteiger partial charge in [-0.2, -0.15) is 4.37 Å². The lowest BCUT2D eigenvalue weighted by atomic mass is 10.0. The Labute approximate surface area is 208 Å². The molecule has 0 spiro atoms. The van der Waals surface area contributed by atoms with E-state index in [0.29, 0.717) is 11.5 Å². The van der Waals surface area contributed by atoms with Crippen molar-refractivity contribution in [3.8, 4) is 0 Å². The summed E-state index contributed by atoms with van der Waals surface area (Å²) < 4.78 is 37.3. The Morgan fingerprint density at radius 1 is 1.11 bits per heavy atom. The number of para-hydroxylation sites is 1. The van der Waals surface area contributed by atoms with Crippen LogP contribution in [0.1, 0.15) is 38.7 Å². The first-order chi connectivity index (χ1) is 17.1. The largest absolute Gasteiger partial charge is 0.465 e. The van der Waals surface area contributed by atoms with E-state index in [1.54, 1.807) is 6.92 Å². The fraction of sp³-hybridized carbons (Fsp3) is 0.174. The third-order valence-electron chi connectivity index (χ3n) is 4.89. The number of nitrogens with two attached hydrogens (primary N) is 2. The second-order valence-corrected chi connectivity index (χ2v) is 8.02. The van der Waals surface area contributed by atoms with Gasteiger partial charge in [-0.05, 0) is 48.3 Å². The van der Waals surface area contributed by atoms with Gasteiger partial charge >= 0.3 is 5.97 Å². The molecule has 1 aromatic heterocycles. The number of benzene rings is 2. The van der Waals surface area contributed by atoms with E-state index in [1.165, 1.54) is 30.3 Å². The van der Waals surface area contributed by atoms with E-state index in [1.807, 2.05) is 0 Å². The highest BCUT2D eigenvalue weighted by Crippen LogP contribution is 2.34. The van der Waals surface area contributed by atoms with Crippen molar-refractivity contribution in [1.29, 1.82) is 0 Å². The van der Waals surface area contributed by atoms with Crippen molar-refractivity contribution >= 4 is 46.6 Å². The van der Waals surface area contributed by atoms with Gasteiger partial charge in [-0.25, -0.2) is 8.78 Å². The average molecular weight is 518 g/mol. The molecule has 3 aromatic rings. The lowest BCUT2D eigenvalue weighted by Crippen LogP contribution is -2.45. The standard InChI is InChI=1S/C23H21F2N5O5S/c1-2-35-16(31)11-28-22(33)19(12-7-9-13(24)10-8-12)30(15-6-4-3-5-14(15)25)23(34)20-17(26)18(21(27)32)29-36-20/h3-10,19H,2,11,26H2,1H3,(H2,27,32)(H,28,33)/t19-/m1/s1. The summed E-state index contributed by atoms with van der Waals surface area (Å²) in [6, 6.07) is 8.10. The first-order valence-corrected chi connectivity index (χ1v) is 11.2. The zero-order valence-corrected chi connectivity index (χ0v) is 19.7. The van der Waals surface area contributed by atoms with Crippen LogP contribution in [-0.2, 0) is 14.3 Å². The number of hydrogen-bond acceptors (Lipinski definition) is 8. The molecule has 0 unspecified atom stereocenters. The van der Waals surface area contributed by atoms with Crippen LogP contribution in [0.3, 0.4) is 0 Å². The zero-order valence-electron chi connectivity index (χ0n) is 18.9. The van der Waals surface area contributed by atoms with Crippen LogP contribution in [0.15, 0.2) is 48.5 Å². The molecule has 0 aliphatic carbocycles. The topological polar surface area (TPSA) is 158 Å².